The van der Waals surface area contributed by atoms with Crippen LogP contribution in [0.1, 0.15) is 41.0 Å². The molecule has 0 amide bonds. The summed E-state index contributed by atoms with van der Waals surface area (Å²) in [7, 11) is 2.25. The lowest BCUT2D eigenvalue weighted by Gasteiger charge is -2.25. The second-order valence-electron chi connectivity index (χ2n) is 6.06. The lowest BCUT2D eigenvalue weighted by atomic mass is 9.79. The molecule has 78 valence electrons. The van der Waals surface area contributed by atoms with Crippen molar-refractivity contribution in [3.8, 4) is 0 Å². The second kappa shape index (κ2) is 3.61. The molecule has 1 nitrogen and oxygen atoms in total. The van der Waals surface area contributed by atoms with Crippen LogP contribution in [0.5, 0.6) is 0 Å². The summed E-state index contributed by atoms with van der Waals surface area (Å²) in [6.07, 6.45) is 1.36. The van der Waals surface area contributed by atoms with E-state index < -0.39 is 0 Å². The summed E-state index contributed by atoms with van der Waals surface area (Å²) >= 11 is 0. The van der Waals surface area contributed by atoms with Gasteiger partial charge in [0.05, 0.1) is 0 Å². The van der Waals surface area contributed by atoms with E-state index in [0.717, 1.165) is 17.9 Å². The first kappa shape index (κ1) is 11.0. The first-order chi connectivity index (χ1) is 5.81. The summed E-state index contributed by atoms with van der Waals surface area (Å²) in [4.78, 5) is 2.50. The van der Waals surface area contributed by atoms with Gasteiger partial charge in [-0.25, -0.2) is 0 Å². The summed E-state index contributed by atoms with van der Waals surface area (Å²) in [6.45, 7) is 13.1. The summed E-state index contributed by atoms with van der Waals surface area (Å²) in [6, 6.07) is 0.771. The van der Waals surface area contributed by atoms with E-state index in [1.54, 1.807) is 0 Å². The van der Waals surface area contributed by atoms with Crippen LogP contribution in [0.2, 0.25) is 0 Å². The second-order valence-corrected chi connectivity index (χ2v) is 6.06. The molecule has 0 bridgehead atoms. The van der Waals surface area contributed by atoms with Crippen LogP contribution in [-0.2, 0) is 0 Å². The molecule has 0 aliphatic carbocycles. The van der Waals surface area contributed by atoms with Gasteiger partial charge in [0.15, 0.2) is 0 Å². The molecule has 3 unspecified atom stereocenters. The van der Waals surface area contributed by atoms with Crippen LogP contribution in [0.4, 0.5) is 0 Å². The number of hydrogen-bond donors (Lipinski definition) is 0. The van der Waals surface area contributed by atoms with Crippen LogP contribution >= 0.6 is 0 Å². The van der Waals surface area contributed by atoms with Crippen molar-refractivity contribution in [2.45, 2.75) is 47.1 Å². The van der Waals surface area contributed by atoms with Gasteiger partial charge in [0.1, 0.15) is 0 Å². The molecule has 0 spiro atoms. The van der Waals surface area contributed by atoms with Crippen LogP contribution in [0.15, 0.2) is 0 Å². The Morgan fingerprint density at radius 2 is 1.77 bits per heavy atom. The predicted octanol–water partition coefficient (Wildman–Crippen LogP) is 3.01. The fraction of sp³-hybridized carbons (Fsp3) is 1.00. The average molecular weight is 183 g/mol. The molecule has 1 saturated heterocycles. The SMILES string of the molecule is CC1C(CC(C)(C)C)CN(C)C1C. The molecule has 1 heteroatoms. The first-order valence-electron chi connectivity index (χ1n) is 5.51. The van der Waals surface area contributed by atoms with E-state index in [0.29, 0.717) is 5.41 Å². The Bertz CT molecular complexity index is 168. The first-order valence-corrected chi connectivity index (χ1v) is 5.51. The van der Waals surface area contributed by atoms with Crippen LogP contribution in [0.3, 0.4) is 0 Å². The van der Waals surface area contributed by atoms with Crippen LogP contribution in [0.25, 0.3) is 0 Å². The molecule has 1 aliphatic rings. The van der Waals surface area contributed by atoms with Gasteiger partial charge in [0.2, 0.25) is 0 Å². The molecule has 3 atom stereocenters. The van der Waals surface area contributed by atoms with E-state index in [2.05, 4.69) is 46.6 Å². The summed E-state index contributed by atoms with van der Waals surface area (Å²) < 4.78 is 0. The van der Waals surface area contributed by atoms with Crippen molar-refractivity contribution in [1.82, 2.24) is 4.90 Å². The molecule has 1 heterocycles. The van der Waals surface area contributed by atoms with Crippen LogP contribution in [0, 0.1) is 17.3 Å². The van der Waals surface area contributed by atoms with E-state index in [9.17, 15) is 0 Å². The Balaban J connectivity index is 2.54. The van der Waals surface area contributed by atoms with Gasteiger partial charge in [-0.1, -0.05) is 27.7 Å². The fourth-order valence-electron chi connectivity index (χ4n) is 2.53. The third-order valence-electron chi connectivity index (χ3n) is 3.60. The average Bonchev–Trinajstić information content (AvgIpc) is 2.15. The molecule has 0 radical (unpaired) electrons. The quantitative estimate of drug-likeness (QED) is 0.604. The zero-order chi connectivity index (χ0) is 10.2. The van der Waals surface area contributed by atoms with Crippen LogP contribution < -0.4 is 0 Å². The minimum Gasteiger partial charge on any atom is -0.303 e. The molecular weight excluding hydrogens is 158 g/mol. The summed E-state index contributed by atoms with van der Waals surface area (Å²) in [5.74, 6) is 1.77. The zero-order valence-electron chi connectivity index (χ0n) is 10.1. The Morgan fingerprint density at radius 3 is 2.08 bits per heavy atom. The van der Waals surface area contributed by atoms with Gasteiger partial charge in [-0.2, -0.15) is 0 Å². The maximum atomic E-state index is 2.50. The van der Waals surface area contributed by atoms with E-state index in [1.807, 2.05) is 0 Å². The highest BCUT2D eigenvalue weighted by Gasteiger charge is 2.35. The van der Waals surface area contributed by atoms with E-state index in [4.69, 9.17) is 0 Å². The van der Waals surface area contributed by atoms with Crippen molar-refractivity contribution in [1.29, 1.82) is 0 Å². The van der Waals surface area contributed by atoms with Crippen molar-refractivity contribution in [3.05, 3.63) is 0 Å². The molecule has 0 aromatic rings. The van der Waals surface area contributed by atoms with Crippen molar-refractivity contribution in [3.63, 3.8) is 0 Å². The van der Waals surface area contributed by atoms with Gasteiger partial charge >= 0.3 is 0 Å². The Labute approximate surface area is 83.5 Å². The Hall–Kier alpha value is -0.0400. The monoisotopic (exact) mass is 183 g/mol. The molecule has 0 saturated carbocycles. The minimum atomic E-state index is 0.490. The molecule has 13 heavy (non-hydrogen) atoms. The van der Waals surface area contributed by atoms with Gasteiger partial charge in [-0.05, 0) is 37.6 Å². The van der Waals surface area contributed by atoms with Crippen molar-refractivity contribution in [2.75, 3.05) is 13.6 Å². The fourth-order valence-corrected chi connectivity index (χ4v) is 2.53. The molecule has 1 aliphatic heterocycles. The Kier molecular flexibility index (Phi) is 3.06. The third kappa shape index (κ3) is 2.70. The van der Waals surface area contributed by atoms with E-state index >= 15 is 0 Å². The summed E-state index contributed by atoms with van der Waals surface area (Å²) in [5, 5.41) is 0. The largest absolute Gasteiger partial charge is 0.303 e. The normalized spacial score (nSPS) is 36.9. The Morgan fingerprint density at radius 1 is 1.23 bits per heavy atom. The van der Waals surface area contributed by atoms with Gasteiger partial charge in [-0.15, -0.1) is 0 Å². The lowest BCUT2D eigenvalue weighted by Crippen LogP contribution is -2.24. The standard InChI is InChI=1S/C12H25N/c1-9-10(2)13(6)8-11(9)7-12(3,4)5/h9-11H,7-8H2,1-6H3. The van der Waals surface area contributed by atoms with E-state index in [-0.39, 0.29) is 0 Å². The van der Waals surface area contributed by atoms with Gasteiger partial charge < -0.3 is 4.90 Å². The highest BCUT2D eigenvalue weighted by molar-refractivity contribution is 4.88. The minimum absolute atomic E-state index is 0.490. The highest BCUT2D eigenvalue weighted by atomic mass is 15.2. The zero-order valence-corrected chi connectivity index (χ0v) is 10.1. The van der Waals surface area contributed by atoms with Crippen molar-refractivity contribution in [2.24, 2.45) is 17.3 Å². The number of hydrogen-bond acceptors (Lipinski definition) is 1. The summed E-state index contributed by atoms with van der Waals surface area (Å²) in [5.41, 5.74) is 0.490. The molecule has 0 aromatic heterocycles. The van der Waals surface area contributed by atoms with Crippen molar-refractivity contribution < 1.29 is 0 Å². The van der Waals surface area contributed by atoms with Gasteiger partial charge in [-0.3, -0.25) is 0 Å². The van der Waals surface area contributed by atoms with E-state index in [1.165, 1.54) is 13.0 Å². The maximum Gasteiger partial charge on any atom is 0.00927 e. The highest BCUT2D eigenvalue weighted by Crippen LogP contribution is 2.36. The smallest absolute Gasteiger partial charge is 0.00927 e. The molecular formula is C12H25N. The number of rotatable bonds is 1. The maximum absolute atomic E-state index is 2.50. The third-order valence-corrected chi connectivity index (χ3v) is 3.60. The van der Waals surface area contributed by atoms with Crippen LogP contribution in [-0.4, -0.2) is 24.5 Å². The van der Waals surface area contributed by atoms with Crippen molar-refractivity contribution >= 4 is 0 Å². The predicted molar refractivity (Wildman–Crippen MR) is 58.8 cm³/mol. The number of nitrogens with zero attached hydrogens (tertiary/aromatic N) is 1. The lowest BCUT2D eigenvalue weighted by molar-refractivity contribution is 0.262. The number of likely N-dealkylation sites (tertiary alicyclic amines) is 1. The molecule has 0 N–H and O–H groups in total. The van der Waals surface area contributed by atoms with Gasteiger partial charge in [0, 0.05) is 12.6 Å². The molecule has 1 fully saturated rings. The topological polar surface area (TPSA) is 3.24 Å². The molecule has 1 rings (SSSR count). The van der Waals surface area contributed by atoms with Gasteiger partial charge in [0.25, 0.3) is 0 Å². The molecule has 0 aromatic carbocycles.